The molecule has 0 radical (unpaired) electrons. The first-order valence-corrected chi connectivity index (χ1v) is 20.7. The molecule has 10 aromatic rings. The monoisotopic (exact) mass is 758 g/mol. The highest BCUT2D eigenvalue weighted by Gasteiger charge is 2.35. The molecule has 3 heteroatoms. The Morgan fingerprint density at radius 2 is 0.862 bits per heavy atom. The van der Waals surface area contributed by atoms with Gasteiger partial charge in [0.25, 0.3) is 0 Å². The number of hydrogen-bond acceptors (Lipinski definition) is 3. The quantitative estimate of drug-likeness (QED) is 0.169. The summed E-state index contributed by atoms with van der Waals surface area (Å²) in [6.45, 7) is 4.67. The molecule has 0 fully saturated rings. The van der Waals surface area contributed by atoms with Crippen LogP contribution in [0.1, 0.15) is 25.0 Å². The Hall–Kier alpha value is -6.94. The zero-order valence-corrected chi connectivity index (χ0v) is 33.1. The van der Waals surface area contributed by atoms with Crippen molar-refractivity contribution in [2.75, 3.05) is 0 Å². The van der Waals surface area contributed by atoms with E-state index in [4.69, 9.17) is 9.97 Å². The maximum atomic E-state index is 5.23. The summed E-state index contributed by atoms with van der Waals surface area (Å²) in [6, 6.07) is 70.1. The smallest absolute Gasteiger partial charge is 0.160 e. The first-order chi connectivity index (χ1) is 28.5. The van der Waals surface area contributed by atoms with Crippen molar-refractivity contribution in [2.45, 2.75) is 19.3 Å². The third kappa shape index (κ3) is 5.86. The van der Waals surface area contributed by atoms with Crippen LogP contribution in [0.15, 0.2) is 194 Å². The number of hydrogen-bond donors (Lipinski definition) is 0. The molecule has 0 spiro atoms. The average Bonchev–Trinajstić information content (AvgIpc) is 3.77. The molecule has 1 aliphatic carbocycles. The molecule has 0 aliphatic heterocycles. The van der Waals surface area contributed by atoms with Crippen molar-refractivity contribution >= 4 is 31.5 Å². The number of nitrogens with zero attached hydrogens (tertiary/aromatic N) is 2. The zero-order chi connectivity index (χ0) is 38.8. The Balaban J connectivity index is 0.970. The second kappa shape index (κ2) is 13.6. The lowest BCUT2D eigenvalue weighted by Gasteiger charge is -2.22. The number of benzene rings is 8. The topological polar surface area (TPSA) is 25.8 Å². The highest BCUT2D eigenvalue weighted by Crippen LogP contribution is 2.49. The van der Waals surface area contributed by atoms with E-state index >= 15 is 0 Å². The summed E-state index contributed by atoms with van der Waals surface area (Å²) in [4.78, 5) is 10.5. The average molecular weight is 759 g/mol. The fourth-order valence-electron chi connectivity index (χ4n) is 8.80. The molecule has 0 atom stereocenters. The molecule has 0 bridgehead atoms. The van der Waals surface area contributed by atoms with Crippen LogP contribution in [0.25, 0.3) is 98.6 Å². The first kappa shape index (κ1) is 34.3. The Bertz CT molecular complexity index is 3170. The van der Waals surface area contributed by atoms with Crippen molar-refractivity contribution in [3.8, 4) is 78.4 Å². The Morgan fingerprint density at radius 3 is 1.62 bits per heavy atom. The second-order valence-electron chi connectivity index (χ2n) is 15.8. The molecule has 11 rings (SSSR count). The molecule has 2 nitrogen and oxygen atoms in total. The van der Waals surface area contributed by atoms with E-state index in [1.165, 1.54) is 70.2 Å². The highest BCUT2D eigenvalue weighted by molar-refractivity contribution is 7.25. The van der Waals surface area contributed by atoms with Crippen molar-refractivity contribution in [1.29, 1.82) is 0 Å². The van der Waals surface area contributed by atoms with Crippen molar-refractivity contribution < 1.29 is 0 Å². The predicted molar refractivity (Wildman–Crippen MR) is 245 cm³/mol. The largest absolute Gasteiger partial charge is 0.228 e. The van der Waals surface area contributed by atoms with Gasteiger partial charge in [0.1, 0.15) is 0 Å². The number of aromatic nitrogens is 2. The van der Waals surface area contributed by atoms with E-state index in [9.17, 15) is 0 Å². The van der Waals surface area contributed by atoms with E-state index in [1.807, 2.05) is 11.3 Å². The van der Waals surface area contributed by atoms with Gasteiger partial charge < -0.3 is 0 Å². The van der Waals surface area contributed by atoms with E-state index in [0.29, 0.717) is 5.82 Å². The summed E-state index contributed by atoms with van der Waals surface area (Å²) >= 11 is 1.85. The van der Waals surface area contributed by atoms with Gasteiger partial charge in [0.05, 0.1) is 11.4 Å². The number of thiophene rings is 1. The number of fused-ring (bicyclic) bond motifs is 6. The summed E-state index contributed by atoms with van der Waals surface area (Å²) in [6.07, 6.45) is 0. The lowest BCUT2D eigenvalue weighted by Crippen LogP contribution is -2.14. The fourth-order valence-corrected chi connectivity index (χ4v) is 9.88. The van der Waals surface area contributed by atoms with E-state index in [2.05, 4.69) is 208 Å². The standard InChI is InChI=1S/C55H38N2S/c1-55(2)48-17-8-6-15-44(48)45-29-27-42(33-49(45)55)37-21-25-39(26-22-37)51-34-50(56-54(57-51)43-14-10-13-40(31-43)35-11-4-3-5-12-35)38-23-19-36(20-24-38)41-28-30-53-47(32-41)46-16-7-9-18-52(46)58-53/h3-34H,1-2H3. The van der Waals surface area contributed by atoms with E-state index < -0.39 is 0 Å². The minimum absolute atomic E-state index is 0.0435. The van der Waals surface area contributed by atoms with Crippen molar-refractivity contribution in [2.24, 2.45) is 0 Å². The van der Waals surface area contributed by atoms with Crippen LogP contribution in [0.4, 0.5) is 0 Å². The van der Waals surface area contributed by atoms with Crippen LogP contribution in [-0.2, 0) is 5.41 Å². The van der Waals surface area contributed by atoms with Crippen LogP contribution < -0.4 is 0 Å². The zero-order valence-electron chi connectivity index (χ0n) is 32.3. The Morgan fingerprint density at radius 1 is 0.345 bits per heavy atom. The summed E-state index contributed by atoms with van der Waals surface area (Å²) in [5, 5.41) is 2.62. The molecular weight excluding hydrogens is 721 g/mol. The molecule has 2 heterocycles. The van der Waals surface area contributed by atoms with Crippen molar-refractivity contribution in [3.63, 3.8) is 0 Å². The third-order valence-electron chi connectivity index (χ3n) is 11.9. The third-order valence-corrected chi connectivity index (χ3v) is 13.1. The maximum absolute atomic E-state index is 5.23. The normalized spacial score (nSPS) is 12.8. The van der Waals surface area contributed by atoms with Crippen LogP contribution in [0.2, 0.25) is 0 Å². The first-order valence-electron chi connectivity index (χ1n) is 19.9. The second-order valence-corrected chi connectivity index (χ2v) is 16.9. The van der Waals surface area contributed by atoms with E-state index in [0.717, 1.165) is 33.6 Å². The molecular formula is C55H38N2S. The minimum Gasteiger partial charge on any atom is -0.228 e. The molecule has 274 valence electrons. The van der Waals surface area contributed by atoms with Gasteiger partial charge in [-0.2, -0.15) is 0 Å². The van der Waals surface area contributed by atoms with E-state index in [1.54, 1.807) is 0 Å². The van der Waals surface area contributed by atoms with Crippen molar-refractivity contribution in [1.82, 2.24) is 9.97 Å². The van der Waals surface area contributed by atoms with Gasteiger partial charge in [0.2, 0.25) is 0 Å². The van der Waals surface area contributed by atoms with Crippen LogP contribution in [0.5, 0.6) is 0 Å². The van der Waals surface area contributed by atoms with Gasteiger partial charge in [-0.05, 0) is 92.0 Å². The van der Waals surface area contributed by atoms with Gasteiger partial charge in [-0.25, -0.2) is 9.97 Å². The van der Waals surface area contributed by atoms with Gasteiger partial charge in [-0.15, -0.1) is 11.3 Å². The Kier molecular flexibility index (Phi) is 8.06. The predicted octanol–water partition coefficient (Wildman–Crippen LogP) is 15.2. The molecule has 58 heavy (non-hydrogen) atoms. The lowest BCUT2D eigenvalue weighted by molar-refractivity contribution is 0.660. The van der Waals surface area contributed by atoms with Crippen LogP contribution >= 0.6 is 11.3 Å². The van der Waals surface area contributed by atoms with Gasteiger partial charge in [-0.1, -0.05) is 172 Å². The molecule has 0 N–H and O–H groups in total. The maximum Gasteiger partial charge on any atom is 0.160 e. The summed E-state index contributed by atoms with van der Waals surface area (Å²) in [5.74, 6) is 0.702. The van der Waals surface area contributed by atoms with E-state index in [-0.39, 0.29) is 5.41 Å². The summed E-state index contributed by atoms with van der Waals surface area (Å²) in [7, 11) is 0. The van der Waals surface area contributed by atoms with Gasteiger partial charge in [0.15, 0.2) is 5.82 Å². The lowest BCUT2D eigenvalue weighted by atomic mass is 9.81. The molecule has 0 amide bonds. The summed E-state index contributed by atoms with van der Waals surface area (Å²) in [5.41, 5.74) is 17.4. The van der Waals surface area contributed by atoms with Crippen LogP contribution in [0.3, 0.4) is 0 Å². The van der Waals surface area contributed by atoms with Gasteiger partial charge in [0, 0.05) is 42.3 Å². The molecule has 1 aliphatic rings. The van der Waals surface area contributed by atoms with Crippen LogP contribution in [-0.4, -0.2) is 9.97 Å². The minimum atomic E-state index is -0.0435. The van der Waals surface area contributed by atoms with Gasteiger partial charge >= 0.3 is 0 Å². The summed E-state index contributed by atoms with van der Waals surface area (Å²) < 4.78 is 2.64. The number of rotatable bonds is 6. The van der Waals surface area contributed by atoms with Crippen molar-refractivity contribution in [3.05, 3.63) is 205 Å². The Labute approximate surface area is 342 Å². The SMILES string of the molecule is CC1(C)c2ccccc2-c2ccc(-c3ccc(-c4cc(-c5ccc(-c6ccc7sc8ccccc8c7c6)cc5)nc(-c5cccc(-c6ccccc6)c5)n4)cc3)cc21. The molecule has 0 saturated heterocycles. The fraction of sp³-hybridized carbons (Fsp3) is 0.0545. The van der Waals surface area contributed by atoms with Crippen LogP contribution in [0, 0.1) is 0 Å². The molecule has 8 aromatic carbocycles. The highest BCUT2D eigenvalue weighted by atomic mass is 32.1. The van der Waals surface area contributed by atoms with Gasteiger partial charge in [-0.3, -0.25) is 0 Å². The molecule has 0 unspecified atom stereocenters. The molecule has 2 aromatic heterocycles. The molecule has 0 saturated carbocycles.